The maximum Gasteiger partial charge on any atom is 0.420 e. The van der Waals surface area contributed by atoms with Crippen LogP contribution in [-0.2, 0) is 12.6 Å². The van der Waals surface area contributed by atoms with E-state index >= 15 is 0 Å². The highest BCUT2D eigenvalue weighted by atomic mass is 19.4. The van der Waals surface area contributed by atoms with Crippen LogP contribution in [0.1, 0.15) is 16.7 Å². The molecule has 2 nitrogen and oxygen atoms in total. The molecule has 0 atom stereocenters. The van der Waals surface area contributed by atoms with Crippen molar-refractivity contribution in [3.63, 3.8) is 0 Å². The summed E-state index contributed by atoms with van der Waals surface area (Å²) in [7, 11) is 0. The lowest BCUT2D eigenvalue weighted by Crippen LogP contribution is -2.16. The fraction of sp³-hybridized carbons (Fsp3) is 0.200. The zero-order chi connectivity index (χ0) is 14.1. The molecule has 8 heteroatoms. The first-order valence-corrected chi connectivity index (χ1v) is 4.29. The molecule has 0 spiro atoms. The van der Waals surface area contributed by atoms with Crippen molar-refractivity contribution in [1.82, 2.24) is 0 Å². The molecule has 0 N–H and O–H groups in total. The van der Waals surface area contributed by atoms with E-state index in [-0.39, 0.29) is 0 Å². The summed E-state index contributed by atoms with van der Waals surface area (Å²) in [5, 5.41) is 16.6. The Morgan fingerprint density at radius 3 is 1.89 bits per heavy atom. The highest BCUT2D eigenvalue weighted by Gasteiger charge is 2.41. The van der Waals surface area contributed by atoms with E-state index in [1.165, 1.54) is 6.07 Å². The molecule has 0 aliphatic carbocycles. The minimum Gasteiger partial charge on any atom is -0.205 e. The molecular weight excluding hydrogens is 262 g/mol. The molecule has 18 heavy (non-hydrogen) atoms. The maximum atomic E-state index is 13.4. The van der Waals surface area contributed by atoms with Crippen molar-refractivity contribution in [2.45, 2.75) is 12.6 Å². The third kappa shape index (κ3) is 2.09. The van der Waals surface area contributed by atoms with E-state index in [0.717, 1.165) is 6.07 Å². The molecular formula is C10H2F6N2. The summed E-state index contributed by atoms with van der Waals surface area (Å²) in [5.41, 5.74) is -5.16. The van der Waals surface area contributed by atoms with Gasteiger partial charge in [-0.25, -0.2) is 13.2 Å². The highest BCUT2D eigenvalue weighted by Crippen LogP contribution is 2.37. The molecule has 0 aliphatic heterocycles. The topological polar surface area (TPSA) is 47.6 Å². The first-order valence-electron chi connectivity index (χ1n) is 4.29. The lowest BCUT2D eigenvalue weighted by Gasteiger charge is -2.13. The Balaban J connectivity index is 3.80. The molecule has 0 radical (unpaired) electrons. The number of benzene rings is 1. The molecule has 0 bridgehead atoms. The molecule has 0 unspecified atom stereocenters. The van der Waals surface area contributed by atoms with Crippen LogP contribution in [0.15, 0.2) is 0 Å². The summed E-state index contributed by atoms with van der Waals surface area (Å²) in [6.45, 7) is 0. The number of nitrogens with zero attached hydrogens (tertiary/aromatic N) is 2. The van der Waals surface area contributed by atoms with E-state index in [0.29, 0.717) is 0 Å². The van der Waals surface area contributed by atoms with Gasteiger partial charge in [-0.15, -0.1) is 0 Å². The normalized spacial score (nSPS) is 10.9. The summed E-state index contributed by atoms with van der Waals surface area (Å²) in [4.78, 5) is 0. The summed E-state index contributed by atoms with van der Waals surface area (Å²) in [6.07, 6.45) is -6.40. The van der Waals surface area contributed by atoms with Crippen LogP contribution in [-0.4, -0.2) is 0 Å². The van der Waals surface area contributed by atoms with Crippen molar-refractivity contribution >= 4 is 0 Å². The van der Waals surface area contributed by atoms with Crippen molar-refractivity contribution in [2.24, 2.45) is 0 Å². The second-order valence-electron chi connectivity index (χ2n) is 3.11. The van der Waals surface area contributed by atoms with Crippen LogP contribution in [0.5, 0.6) is 0 Å². The van der Waals surface area contributed by atoms with Crippen LogP contribution in [0.4, 0.5) is 26.3 Å². The second kappa shape index (κ2) is 4.57. The number of hydrogen-bond acceptors (Lipinski definition) is 2. The van der Waals surface area contributed by atoms with Gasteiger partial charge >= 0.3 is 6.18 Å². The fourth-order valence-corrected chi connectivity index (χ4v) is 1.31. The highest BCUT2D eigenvalue weighted by molar-refractivity contribution is 5.46. The summed E-state index contributed by atoms with van der Waals surface area (Å²) in [6, 6.07) is 2.09. The fourth-order valence-electron chi connectivity index (χ4n) is 1.31. The van der Waals surface area contributed by atoms with Crippen molar-refractivity contribution in [2.75, 3.05) is 0 Å². The molecule has 0 amide bonds. The van der Waals surface area contributed by atoms with Crippen molar-refractivity contribution in [3.8, 4) is 12.1 Å². The van der Waals surface area contributed by atoms with E-state index in [1.807, 2.05) is 0 Å². The predicted octanol–water partition coefficient (Wildman–Crippen LogP) is 3.06. The Morgan fingerprint density at radius 2 is 1.50 bits per heavy atom. The van der Waals surface area contributed by atoms with Crippen LogP contribution in [0.3, 0.4) is 0 Å². The standard InChI is InChI=1S/C10H2F6N2/c11-7-4(1-2-17)8(12)9(13)6(5(7)3-18)10(14,15)16/h1H2. The molecule has 94 valence electrons. The minimum atomic E-state index is -5.41. The van der Waals surface area contributed by atoms with Crippen molar-refractivity contribution in [1.29, 1.82) is 10.5 Å². The third-order valence-corrected chi connectivity index (χ3v) is 2.06. The van der Waals surface area contributed by atoms with Gasteiger partial charge in [0.05, 0.1) is 12.5 Å². The van der Waals surface area contributed by atoms with E-state index in [2.05, 4.69) is 0 Å². The Kier molecular flexibility index (Phi) is 3.52. The van der Waals surface area contributed by atoms with Gasteiger partial charge in [-0.2, -0.15) is 23.7 Å². The lowest BCUT2D eigenvalue weighted by molar-refractivity contribution is -0.140. The number of rotatable bonds is 1. The zero-order valence-corrected chi connectivity index (χ0v) is 8.37. The third-order valence-electron chi connectivity index (χ3n) is 2.06. The molecule has 0 aromatic heterocycles. The summed E-state index contributed by atoms with van der Waals surface area (Å²) in [5.74, 6) is -6.36. The monoisotopic (exact) mass is 264 g/mol. The van der Waals surface area contributed by atoms with Gasteiger partial charge in [0.1, 0.15) is 23.0 Å². The molecule has 1 aromatic carbocycles. The smallest absolute Gasteiger partial charge is 0.205 e. The Bertz CT molecular complexity index is 576. The number of halogens is 6. The van der Waals surface area contributed by atoms with E-state index < -0.39 is 46.7 Å². The summed E-state index contributed by atoms with van der Waals surface area (Å²) < 4.78 is 76.9. The van der Waals surface area contributed by atoms with E-state index in [9.17, 15) is 26.3 Å². The van der Waals surface area contributed by atoms with Crippen LogP contribution in [0.25, 0.3) is 0 Å². The molecule has 1 aromatic rings. The molecule has 0 fully saturated rings. The van der Waals surface area contributed by atoms with Gasteiger partial charge in [0.2, 0.25) is 0 Å². The van der Waals surface area contributed by atoms with Crippen LogP contribution < -0.4 is 0 Å². The number of nitriles is 2. The first kappa shape index (κ1) is 13.8. The molecule has 0 saturated carbocycles. The Morgan fingerprint density at radius 1 is 0.944 bits per heavy atom. The predicted molar refractivity (Wildman–Crippen MR) is 45.4 cm³/mol. The molecule has 0 saturated heterocycles. The van der Waals surface area contributed by atoms with Gasteiger partial charge in [0.15, 0.2) is 11.6 Å². The maximum absolute atomic E-state index is 13.4. The molecule has 0 heterocycles. The minimum absolute atomic E-state index is 0.826. The van der Waals surface area contributed by atoms with Crippen molar-refractivity contribution < 1.29 is 26.3 Å². The largest absolute Gasteiger partial charge is 0.420 e. The first-order chi connectivity index (χ1) is 8.25. The quantitative estimate of drug-likeness (QED) is 0.578. The van der Waals surface area contributed by atoms with Crippen LogP contribution >= 0.6 is 0 Å². The van der Waals surface area contributed by atoms with Gasteiger partial charge in [-0.05, 0) is 0 Å². The van der Waals surface area contributed by atoms with Crippen LogP contribution in [0, 0.1) is 40.1 Å². The van der Waals surface area contributed by atoms with Gasteiger partial charge in [0.25, 0.3) is 0 Å². The average molecular weight is 264 g/mol. The SMILES string of the molecule is N#CCc1c(F)c(F)c(C(F)(F)F)c(C#N)c1F. The van der Waals surface area contributed by atoms with Crippen molar-refractivity contribution in [3.05, 3.63) is 34.1 Å². The Labute approximate surface area is 96.7 Å². The lowest BCUT2D eigenvalue weighted by atomic mass is 10.00. The number of hydrogen-bond donors (Lipinski definition) is 0. The average Bonchev–Trinajstić information content (AvgIpc) is 2.27. The van der Waals surface area contributed by atoms with Gasteiger partial charge < -0.3 is 0 Å². The second-order valence-corrected chi connectivity index (χ2v) is 3.11. The molecule has 0 aliphatic rings. The van der Waals surface area contributed by atoms with Gasteiger partial charge in [-0.1, -0.05) is 0 Å². The van der Waals surface area contributed by atoms with E-state index in [1.54, 1.807) is 0 Å². The van der Waals surface area contributed by atoms with Gasteiger partial charge in [-0.3, -0.25) is 0 Å². The van der Waals surface area contributed by atoms with E-state index in [4.69, 9.17) is 10.5 Å². The van der Waals surface area contributed by atoms with Crippen LogP contribution in [0.2, 0.25) is 0 Å². The summed E-state index contributed by atoms with van der Waals surface area (Å²) >= 11 is 0. The zero-order valence-electron chi connectivity index (χ0n) is 8.37. The van der Waals surface area contributed by atoms with Gasteiger partial charge in [0, 0.05) is 5.56 Å². The number of alkyl halides is 3. The Hall–Kier alpha value is -2.22. The molecule has 1 rings (SSSR count).